The molecule has 24 heavy (non-hydrogen) atoms. The molecule has 2 rings (SSSR count). The maximum atomic E-state index is 12.4. The highest BCUT2D eigenvalue weighted by Crippen LogP contribution is 2.18. The minimum Gasteiger partial charge on any atom is -0.465 e. The summed E-state index contributed by atoms with van der Waals surface area (Å²) in [5, 5.41) is 2.73. The first-order valence-corrected chi connectivity index (χ1v) is 7.80. The molecule has 0 aliphatic carbocycles. The fraction of sp³-hybridized carbons (Fsp3) is 0.278. The average molecular weight is 327 g/mol. The zero-order chi connectivity index (χ0) is 17.5. The van der Waals surface area contributed by atoms with Crippen molar-refractivity contribution in [2.24, 2.45) is 0 Å². The van der Waals surface area contributed by atoms with E-state index in [0.29, 0.717) is 16.8 Å². The Morgan fingerprint density at radius 3 is 2.42 bits per heavy atom. The molecule has 1 heterocycles. The molecular weight excluding hydrogens is 306 g/mol. The van der Waals surface area contributed by atoms with Crippen LogP contribution >= 0.6 is 0 Å². The number of methoxy groups -OCH3 is 1. The lowest BCUT2D eigenvalue weighted by atomic mass is 10.1. The molecule has 0 saturated heterocycles. The minimum absolute atomic E-state index is 0.307. The van der Waals surface area contributed by atoms with Crippen LogP contribution in [-0.4, -0.2) is 37.1 Å². The summed E-state index contributed by atoms with van der Waals surface area (Å²) in [5.74, 6) is -0.00244. The quantitative estimate of drug-likeness (QED) is 0.826. The Bertz CT molecular complexity index is 710. The second kappa shape index (κ2) is 8.10. The number of benzene rings is 1. The van der Waals surface area contributed by atoms with Crippen LogP contribution in [0.1, 0.15) is 34.6 Å². The molecule has 0 fully saturated rings. The van der Waals surface area contributed by atoms with Gasteiger partial charge in [-0.2, -0.15) is 0 Å². The van der Waals surface area contributed by atoms with Gasteiger partial charge in [0.15, 0.2) is 0 Å². The number of para-hydroxylation sites is 1. The van der Waals surface area contributed by atoms with Gasteiger partial charge >= 0.3 is 5.97 Å². The normalized spacial score (nSPS) is 10.1. The first-order chi connectivity index (χ1) is 11.6. The summed E-state index contributed by atoms with van der Waals surface area (Å²) in [6.45, 7) is 5.80. The molecule has 0 radical (unpaired) electrons. The maximum absolute atomic E-state index is 12.4. The second-order valence-electron chi connectivity index (χ2n) is 5.07. The number of anilines is 2. The van der Waals surface area contributed by atoms with Gasteiger partial charge < -0.3 is 15.0 Å². The summed E-state index contributed by atoms with van der Waals surface area (Å²) in [5.41, 5.74) is 1.13. The largest absolute Gasteiger partial charge is 0.465 e. The molecule has 1 aromatic carbocycles. The van der Waals surface area contributed by atoms with Crippen molar-refractivity contribution in [3.8, 4) is 0 Å². The lowest BCUT2D eigenvalue weighted by Gasteiger charge is -2.19. The summed E-state index contributed by atoms with van der Waals surface area (Å²) in [4.78, 5) is 30.5. The SMILES string of the molecule is CCN(CC)c1ccc(C(=O)Nc2ccccc2C(=O)OC)cn1. The van der Waals surface area contributed by atoms with Crippen LogP contribution in [0.4, 0.5) is 11.5 Å². The molecule has 126 valence electrons. The standard InChI is InChI=1S/C18H21N3O3/c1-4-21(5-2)16-11-10-13(12-19-16)17(22)20-15-9-7-6-8-14(15)18(23)24-3/h6-12H,4-5H2,1-3H3,(H,20,22). The Morgan fingerprint density at radius 2 is 1.83 bits per heavy atom. The lowest BCUT2D eigenvalue weighted by Crippen LogP contribution is -2.23. The molecule has 6 heteroatoms. The van der Waals surface area contributed by atoms with Gasteiger partial charge in [0.2, 0.25) is 0 Å². The van der Waals surface area contributed by atoms with Crippen molar-refractivity contribution in [2.45, 2.75) is 13.8 Å². The van der Waals surface area contributed by atoms with E-state index in [0.717, 1.165) is 18.9 Å². The monoisotopic (exact) mass is 327 g/mol. The van der Waals surface area contributed by atoms with E-state index in [1.54, 1.807) is 30.3 Å². The molecule has 2 aromatic rings. The number of hydrogen-bond acceptors (Lipinski definition) is 5. The molecule has 6 nitrogen and oxygen atoms in total. The first-order valence-electron chi connectivity index (χ1n) is 7.80. The number of aromatic nitrogens is 1. The van der Waals surface area contributed by atoms with E-state index in [-0.39, 0.29) is 5.91 Å². The highest BCUT2D eigenvalue weighted by molar-refractivity contribution is 6.07. The zero-order valence-corrected chi connectivity index (χ0v) is 14.1. The Morgan fingerprint density at radius 1 is 1.12 bits per heavy atom. The zero-order valence-electron chi connectivity index (χ0n) is 14.1. The van der Waals surface area contributed by atoms with Gasteiger partial charge in [-0.3, -0.25) is 4.79 Å². The van der Waals surface area contributed by atoms with Gasteiger partial charge in [-0.15, -0.1) is 0 Å². The van der Waals surface area contributed by atoms with E-state index in [1.807, 2.05) is 6.07 Å². The van der Waals surface area contributed by atoms with Gasteiger partial charge in [0.05, 0.1) is 23.9 Å². The van der Waals surface area contributed by atoms with Gasteiger partial charge in [0, 0.05) is 19.3 Å². The minimum atomic E-state index is -0.499. The van der Waals surface area contributed by atoms with Gasteiger partial charge in [-0.25, -0.2) is 9.78 Å². The summed E-state index contributed by atoms with van der Waals surface area (Å²) >= 11 is 0. The molecule has 0 atom stereocenters. The number of pyridine rings is 1. The van der Waals surface area contributed by atoms with Crippen molar-refractivity contribution in [1.29, 1.82) is 0 Å². The highest BCUT2D eigenvalue weighted by Gasteiger charge is 2.14. The predicted molar refractivity (Wildman–Crippen MR) is 93.5 cm³/mol. The molecule has 1 aromatic heterocycles. The first kappa shape index (κ1) is 17.5. The van der Waals surface area contributed by atoms with E-state index in [9.17, 15) is 9.59 Å². The van der Waals surface area contributed by atoms with E-state index < -0.39 is 5.97 Å². The van der Waals surface area contributed by atoms with Gasteiger partial charge in [0.25, 0.3) is 5.91 Å². The summed E-state index contributed by atoms with van der Waals surface area (Å²) in [6.07, 6.45) is 1.53. The van der Waals surface area contributed by atoms with Crippen molar-refractivity contribution in [2.75, 3.05) is 30.4 Å². The van der Waals surface area contributed by atoms with Crippen LogP contribution in [0.25, 0.3) is 0 Å². The van der Waals surface area contributed by atoms with Crippen LogP contribution in [0.15, 0.2) is 42.6 Å². The number of hydrogen-bond donors (Lipinski definition) is 1. The molecule has 0 bridgehead atoms. The molecular formula is C18H21N3O3. The maximum Gasteiger partial charge on any atom is 0.339 e. The van der Waals surface area contributed by atoms with E-state index in [1.165, 1.54) is 13.3 Å². The fourth-order valence-corrected chi connectivity index (χ4v) is 2.33. The molecule has 0 aliphatic heterocycles. The van der Waals surface area contributed by atoms with Crippen LogP contribution < -0.4 is 10.2 Å². The number of nitrogens with one attached hydrogen (secondary N) is 1. The summed E-state index contributed by atoms with van der Waals surface area (Å²) < 4.78 is 4.72. The van der Waals surface area contributed by atoms with Crippen LogP contribution in [0.3, 0.4) is 0 Å². The highest BCUT2D eigenvalue weighted by atomic mass is 16.5. The number of esters is 1. The number of amides is 1. The predicted octanol–water partition coefficient (Wildman–Crippen LogP) is 2.97. The topological polar surface area (TPSA) is 71.5 Å². The van der Waals surface area contributed by atoms with Crippen LogP contribution in [-0.2, 0) is 4.74 Å². The third-order valence-electron chi connectivity index (χ3n) is 3.68. The number of carbonyl (C=O) groups excluding carboxylic acids is 2. The van der Waals surface area contributed by atoms with Crippen molar-refractivity contribution in [3.63, 3.8) is 0 Å². The Balaban J connectivity index is 2.17. The third kappa shape index (κ3) is 3.90. The van der Waals surface area contributed by atoms with Crippen LogP contribution in [0.5, 0.6) is 0 Å². The average Bonchev–Trinajstić information content (AvgIpc) is 2.63. The molecule has 0 saturated carbocycles. The van der Waals surface area contributed by atoms with E-state index >= 15 is 0 Å². The van der Waals surface area contributed by atoms with Gasteiger partial charge in [0.1, 0.15) is 5.82 Å². The number of ether oxygens (including phenoxy) is 1. The number of carbonyl (C=O) groups is 2. The number of rotatable bonds is 6. The molecule has 1 amide bonds. The van der Waals surface area contributed by atoms with Crippen molar-refractivity contribution < 1.29 is 14.3 Å². The molecule has 1 N–H and O–H groups in total. The Hall–Kier alpha value is -2.89. The smallest absolute Gasteiger partial charge is 0.339 e. The van der Waals surface area contributed by atoms with Gasteiger partial charge in [-0.05, 0) is 38.1 Å². The van der Waals surface area contributed by atoms with Crippen molar-refractivity contribution in [1.82, 2.24) is 4.98 Å². The second-order valence-corrected chi connectivity index (χ2v) is 5.07. The number of nitrogens with zero attached hydrogens (tertiary/aromatic N) is 2. The van der Waals surface area contributed by atoms with Crippen LogP contribution in [0.2, 0.25) is 0 Å². The molecule has 0 spiro atoms. The van der Waals surface area contributed by atoms with Crippen LogP contribution in [0, 0.1) is 0 Å². The summed E-state index contributed by atoms with van der Waals surface area (Å²) in [6, 6.07) is 10.2. The fourth-order valence-electron chi connectivity index (χ4n) is 2.33. The summed E-state index contributed by atoms with van der Waals surface area (Å²) in [7, 11) is 1.30. The molecule has 0 aliphatic rings. The Kier molecular flexibility index (Phi) is 5.89. The van der Waals surface area contributed by atoms with E-state index in [2.05, 4.69) is 29.0 Å². The van der Waals surface area contributed by atoms with E-state index in [4.69, 9.17) is 4.74 Å². The molecule has 0 unspecified atom stereocenters. The third-order valence-corrected chi connectivity index (χ3v) is 3.68. The van der Waals surface area contributed by atoms with Gasteiger partial charge in [-0.1, -0.05) is 12.1 Å². The van der Waals surface area contributed by atoms with Crippen molar-refractivity contribution >= 4 is 23.4 Å². The lowest BCUT2D eigenvalue weighted by molar-refractivity contribution is 0.0602. The van der Waals surface area contributed by atoms with Crippen molar-refractivity contribution in [3.05, 3.63) is 53.7 Å². The Labute approximate surface area is 141 Å².